The van der Waals surface area contributed by atoms with E-state index in [9.17, 15) is 14.7 Å². The van der Waals surface area contributed by atoms with Crippen LogP contribution in [-0.2, 0) is 6.61 Å². The summed E-state index contributed by atoms with van der Waals surface area (Å²) in [7, 11) is 0. The van der Waals surface area contributed by atoms with Gasteiger partial charge >= 0.3 is 5.97 Å². The second kappa shape index (κ2) is 9.08. The van der Waals surface area contributed by atoms with Crippen LogP contribution in [0, 0.1) is 0 Å². The van der Waals surface area contributed by atoms with Crippen molar-refractivity contribution < 1.29 is 19.4 Å². The number of fused-ring (bicyclic) bond motifs is 2. The molecule has 0 fully saturated rings. The number of benzene rings is 5. The van der Waals surface area contributed by atoms with Crippen LogP contribution >= 0.6 is 0 Å². The zero-order valence-corrected chi connectivity index (χ0v) is 18.2. The number of rotatable bonds is 6. The second-order valence-corrected chi connectivity index (χ2v) is 8.00. The Morgan fingerprint density at radius 2 is 1.35 bits per heavy atom. The Morgan fingerprint density at radius 3 is 2.06 bits per heavy atom. The van der Waals surface area contributed by atoms with Crippen molar-refractivity contribution in [1.29, 1.82) is 0 Å². The normalized spacial score (nSPS) is 10.8. The fourth-order valence-corrected chi connectivity index (χ4v) is 3.92. The highest BCUT2D eigenvalue weighted by atomic mass is 16.5. The quantitative estimate of drug-likeness (QED) is 0.311. The Hall–Kier alpha value is -4.64. The van der Waals surface area contributed by atoms with Gasteiger partial charge in [-0.05, 0) is 63.5 Å². The van der Waals surface area contributed by atoms with E-state index in [1.807, 2.05) is 78.9 Å². The predicted octanol–water partition coefficient (Wildman–Crippen LogP) is 6.52. The van der Waals surface area contributed by atoms with Crippen molar-refractivity contribution >= 4 is 39.1 Å². The van der Waals surface area contributed by atoms with E-state index in [2.05, 4.69) is 5.32 Å². The number of aromatic carboxylic acids is 1. The van der Waals surface area contributed by atoms with Gasteiger partial charge in [-0.3, -0.25) is 4.79 Å². The van der Waals surface area contributed by atoms with Crippen LogP contribution in [-0.4, -0.2) is 17.0 Å². The van der Waals surface area contributed by atoms with Gasteiger partial charge in [-0.1, -0.05) is 66.7 Å². The molecule has 0 aliphatic heterocycles. The SMILES string of the molecule is O=C(Nc1ccc(OCc2ccc3ccccc3c2)c(C(=O)O)c1)c1ccc2ccccc2c1. The van der Waals surface area contributed by atoms with Crippen LogP contribution in [0.1, 0.15) is 26.3 Å². The highest BCUT2D eigenvalue weighted by molar-refractivity contribution is 6.07. The molecule has 5 rings (SSSR count). The van der Waals surface area contributed by atoms with Gasteiger partial charge in [0.2, 0.25) is 0 Å². The first-order valence-electron chi connectivity index (χ1n) is 10.8. The van der Waals surface area contributed by atoms with E-state index >= 15 is 0 Å². The van der Waals surface area contributed by atoms with Gasteiger partial charge in [0.05, 0.1) is 0 Å². The summed E-state index contributed by atoms with van der Waals surface area (Å²) in [5, 5.41) is 16.7. The van der Waals surface area contributed by atoms with E-state index in [-0.39, 0.29) is 23.8 Å². The van der Waals surface area contributed by atoms with Crippen molar-refractivity contribution in [1.82, 2.24) is 0 Å². The largest absolute Gasteiger partial charge is 0.488 e. The van der Waals surface area contributed by atoms with Gasteiger partial charge in [0.1, 0.15) is 17.9 Å². The molecule has 1 amide bonds. The third-order valence-corrected chi connectivity index (χ3v) is 5.69. The Kier molecular flexibility index (Phi) is 5.67. The summed E-state index contributed by atoms with van der Waals surface area (Å²) >= 11 is 0. The van der Waals surface area contributed by atoms with E-state index in [0.29, 0.717) is 11.3 Å². The number of carboxylic acid groups (broad SMARTS) is 1. The molecule has 0 unspecified atom stereocenters. The number of hydrogen-bond acceptors (Lipinski definition) is 3. The van der Waals surface area contributed by atoms with Crippen molar-refractivity contribution in [2.24, 2.45) is 0 Å². The summed E-state index contributed by atoms with van der Waals surface area (Å²) in [5.41, 5.74) is 1.79. The molecule has 0 aromatic heterocycles. The van der Waals surface area contributed by atoms with Gasteiger partial charge in [-0.15, -0.1) is 0 Å². The third-order valence-electron chi connectivity index (χ3n) is 5.69. The topological polar surface area (TPSA) is 75.6 Å². The molecule has 0 radical (unpaired) electrons. The summed E-state index contributed by atoms with van der Waals surface area (Å²) in [5.74, 6) is -1.20. The van der Waals surface area contributed by atoms with Crippen molar-refractivity contribution in [2.75, 3.05) is 5.32 Å². The number of carboxylic acids is 1. The van der Waals surface area contributed by atoms with Crippen LogP contribution in [0.2, 0.25) is 0 Å². The monoisotopic (exact) mass is 447 g/mol. The molecule has 5 nitrogen and oxygen atoms in total. The molecular weight excluding hydrogens is 426 g/mol. The van der Waals surface area contributed by atoms with Crippen LogP contribution in [0.25, 0.3) is 21.5 Å². The number of ether oxygens (including phenoxy) is 1. The molecule has 0 spiro atoms. The molecule has 0 bridgehead atoms. The van der Waals surface area contributed by atoms with Crippen molar-refractivity contribution in [3.63, 3.8) is 0 Å². The van der Waals surface area contributed by atoms with Crippen molar-refractivity contribution in [3.05, 3.63) is 120 Å². The van der Waals surface area contributed by atoms with Gasteiger partial charge < -0.3 is 15.2 Å². The van der Waals surface area contributed by atoms with Crippen LogP contribution < -0.4 is 10.1 Å². The molecule has 5 aromatic carbocycles. The number of nitrogens with one attached hydrogen (secondary N) is 1. The maximum absolute atomic E-state index is 12.8. The highest BCUT2D eigenvalue weighted by Gasteiger charge is 2.15. The average molecular weight is 447 g/mol. The van der Waals surface area contributed by atoms with Gasteiger partial charge in [0.25, 0.3) is 5.91 Å². The minimum absolute atomic E-state index is 0.0166. The number of amides is 1. The molecule has 0 aliphatic carbocycles. The lowest BCUT2D eigenvalue weighted by Crippen LogP contribution is -2.13. The van der Waals surface area contributed by atoms with Crippen molar-refractivity contribution in [2.45, 2.75) is 6.61 Å². The molecule has 5 heteroatoms. The number of anilines is 1. The van der Waals surface area contributed by atoms with Gasteiger partial charge in [0.15, 0.2) is 0 Å². The predicted molar refractivity (Wildman–Crippen MR) is 134 cm³/mol. The summed E-state index contributed by atoms with van der Waals surface area (Å²) in [4.78, 5) is 24.6. The van der Waals surface area contributed by atoms with Crippen LogP contribution in [0.3, 0.4) is 0 Å². The fraction of sp³-hybridized carbons (Fsp3) is 0.0345. The van der Waals surface area contributed by atoms with Crippen LogP contribution in [0.5, 0.6) is 5.75 Å². The zero-order valence-electron chi connectivity index (χ0n) is 18.2. The third kappa shape index (κ3) is 4.45. The lowest BCUT2D eigenvalue weighted by atomic mass is 10.1. The van der Waals surface area contributed by atoms with Crippen LogP contribution in [0.4, 0.5) is 5.69 Å². The Labute approximate surface area is 196 Å². The van der Waals surface area contributed by atoms with E-state index in [1.165, 1.54) is 6.07 Å². The molecule has 5 aromatic rings. The summed E-state index contributed by atoms with van der Waals surface area (Å²) < 4.78 is 5.83. The minimum atomic E-state index is -1.13. The number of carbonyl (C=O) groups is 2. The van der Waals surface area contributed by atoms with Gasteiger partial charge in [-0.25, -0.2) is 4.79 Å². The molecule has 0 atom stereocenters. The highest BCUT2D eigenvalue weighted by Crippen LogP contribution is 2.26. The molecule has 166 valence electrons. The fourth-order valence-electron chi connectivity index (χ4n) is 3.92. The lowest BCUT2D eigenvalue weighted by molar-refractivity contribution is 0.0691. The Bertz CT molecular complexity index is 1540. The minimum Gasteiger partial charge on any atom is -0.488 e. The number of hydrogen-bond donors (Lipinski definition) is 2. The maximum atomic E-state index is 12.8. The van der Waals surface area contributed by atoms with Gasteiger partial charge in [0, 0.05) is 11.3 Å². The van der Waals surface area contributed by atoms with Gasteiger partial charge in [-0.2, -0.15) is 0 Å². The number of carbonyl (C=O) groups excluding carboxylic acids is 1. The van der Waals surface area contributed by atoms with E-state index in [1.54, 1.807) is 18.2 Å². The average Bonchev–Trinajstić information content (AvgIpc) is 2.87. The van der Waals surface area contributed by atoms with Crippen molar-refractivity contribution in [3.8, 4) is 5.75 Å². The first-order chi connectivity index (χ1) is 16.6. The van der Waals surface area contributed by atoms with E-state index in [4.69, 9.17) is 4.74 Å². The molecule has 0 saturated heterocycles. The summed E-state index contributed by atoms with van der Waals surface area (Å²) in [6.07, 6.45) is 0. The Balaban J connectivity index is 1.33. The molecule has 0 heterocycles. The zero-order chi connectivity index (χ0) is 23.5. The second-order valence-electron chi connectivity index (χ2n) is 8.00. The molecule has 0 aliphatic rings. The smallest absolute Gasteiger partial charge is 0.339 e. The molecule has 2 N–H and O–H groups in total. The molecule has 0 saturated carbocycles. The van der Waals surface area contributed by atoms with Crippen LogP contribution in [0.15, 0.2) is 103 Å². The summed E-state index contributed by atoms with van der Waals surface area (Å²) in [6, 6.07) is 31.9. The Morgan fingerprint density at radius 1 is 0.706 bits per heavy atom. The van der Waals surface area contributed by atoms with E-state index < -0.39 is 5.97 Å². The molecular formula is C29H21NO4. The standard InChI is InChI=1S/C29H21NO4/c31-28(24-12-11-21-6-2-4-8-23(21)16-24)30-25-13-14-27(26(17-25)29(32)33)34-18-19-9-10-20-5-1-3-7-22(20)15-19/h1-17H,18H2,(H,30,31)(H,32,33). The first kappa shape index (κ1) is 21.2. The van der Waals surface area contributed by atoms with E-state index in [0.717, 1.165) is 27.1 Å². The summed E-state index contributed by atoms with van der Waals surface area (Å²) in [6.45, 7) is 0.230. The first-order valence-corrected chi connectivity index (χ1v) is 10.8. The maximum Gasteiger partial charge on any atom is 0.339 e. The lowest BCUT2D eigenvalue weighted by Gasteiger charge is -2.12. The molecule has 34 heavy (non-hydrogen) atoms.